The molecule has 29 heavy (non-hydrogen) atoms. The number of hydrogen-bond donors (Lipinski definition) is 1. The van der Waals surface area contributed by atoms with Crippen LogP contribution < -0.4 is 9.47 Å². The van der Waals surface area contributed by atoms with E-state index in [1.807, 2.05) is 39.0 Å². The molecule has 8 nitrogen and oxygen atoms in total. The summed E-state index contributed by atoms with van der Waals surface area (Å²) in [6, 6.07) is 9.11. The normalized spacial score (nSPS) is 11.5. The van der Waals surface area contributed by atoms with Gasteiger partial charge in [-0.3, -0.25) is 0 Å². The van der Waals surface area contributed by atoms with Crippen molar-refractivity contribution in [3.8, 4) is 28.7 Å². The van der Waals surface area contributed by atoms with Gasteiger partial charge < -0.3 is 19.3 Å². The van der Waals surface area contributed by atoms with Crippen molar-refractivity contribution >= 4 is 0 Å². The molecule has 1 N–H and O–H groups in total. The van der Waals surface area contributed by atoms with Gasteiger partial charge in [-0.1, -0.05) is 6.07 Å². The van der Waals surface area contributed by atoms with Crippen LogP contribution in [0, 0.1) is 0 Å². The lowest BCUT2D eigenvalue weighted by molar-refractivity contribution is -0.0180. The van der Waals surface area contributed by atoms with E-state index in [0.717, 1.165) is 11.1 Å². The van der Waals surface area contributed by atoms with Crippen LogP contribution in [0.1, 0.15) is 32.2 Å². The number of methoxy groups -OCH3 is 2. The van der Waals surface area contributed by atoms with Gasteiger partial charge >= 0.3 is 0 Å². The zero-order valence-electron chi connectivity index (χ0n) is 17.3. The minimum absolute atomic E-state index is 0.0789. The third kappa shape index (κ3) is 4.72. The van der Waals surface area contributed by atoms with Crippen LogP contribution in [0.5, 0.6) is 11.6 Å². The third-order valence-electron chi connectivity index (χ3n) is 4.15. The number of nitrogens with zero attached hydrogens (tertiary/aromatic N) is 4. The lowest BCUT2D eigenvalue weighted by atomic mass is 10.1. The Balaban J connectivity index is 2.15. The largest absolute Gasteiger partial charge is 0.496 e. The molecule has 0 fully saturated rings. The maximum absolute atomic E-state index is 9.44. The summed E-state index contributed by atoms with van der Waals surface area (Å²) in [6.07, 6.45) is 1.65. The van der Waals surface area contributed by atoms with Crippen LogP contribution in [0.25, 0.3) is 17.1 Å². The molecule has 0 radical (unpaired) electrons. The number of pyridine rings is 1. The first-order valence-electron chi connectivity index (χ1n) is 9.23. The first kappa shape index (κ1) is 20.8. The lowest BCUT2D eigenvalue weighted by Crippen LogP contribution is -2.19. The van der Waals surface area contributed by atoms with E-state index >= 15 is 0 Å². The van der Waals surface area contributed by atoms with Crippen molar-refractivity contribution < 1.29 is 19.3 Å². The molecule has 0 aliphatic carbocycles. The molecule has 0 bridgehead atoms. The van der Waals surface area contributed by atoms with Crippen molar-refractivity contribution in [1.29, 1.82) is 0 Å². The molecule has 2 heterocycles. The fourth-order valence-corrected chi connectivity index (χ4v) is 2.76. The summed E-state index contributed by atoms with van der Waals surface area (Å²) in [5.74, 6) is 2.09. The van der Waals surface area contributed by atoms with Gasteiger partial charge in [-0.05, 0) is 50.6 Å². The van der Waals surface area contributed by atoms with Crippen LogP contribution in [0.15, 0.2) is 36.5 Å². The molecule has 0 aliphatic heterocycles. The van der Waals surface area contributed by atoms with Crippen LogP contribution in [0.4, 0.5) is 0 Å². The standard InChI is InChI=1S/C21H26N4O4/c1-21(2,3)29-13-18-23-19(15-9-8-14(12-26)11-17(15)27-4)25(24-18)16-7-6-10-22-20(16)28-5/h6-11,26H,12-13H2,1-5H3. The predicted octanol–water partition coefficient (Wildman–Crippen LogP) is 3.15. The minimum atomic E-state index is -0.321. The summed E-state index contributed by atoms with van der Waals surface area (Å²) in [7, 11) is 3.14. The van der Waals surface area contributed by atoms with E-state index in [0.29, 0.717) is 29.0 Å². The van der Waals surface area contributed by atoms with E-state index in [1.165, 1.54) is 0 Å². The molecule has 0 atom stereocenters. The zero-order valence-corrected chi connectivity index (χ0v) is 17.3. The molecule has 154 valence electrons. The van der Waals surface area contributed by atoms with Gasteiger partial charge in [-0.2, -0.15) is 0 Å². The smallest absolute Gasteiger partial charge is 0.239 e. The van der Waals surface area contributed by atoms with Crippen molar-refractivity contribution in [3.63, 3.8) is 0 Å². The molecular weight excluding hydrogens is 372 g/mol. The Hall–Kier alpha value is -2.97. The number of ether oxygens (including phenoxy) is 3. The fraction of sp³-hybridized carbons (Fsp3) is 0.381. The SMILES string of the molecule is COc1cc(CO)ccc1-c1nc(COC(C)(C)C)nn1-c1cccnc1OC. The summed E-state index contributed by atoms with van der Waals surface area (Å²) in [5, 5.41) is 14.1. The average molecular weight is 398 g/mol. The second-order valence-electron chi connectivity index (χ2n) is 7.39. The Kier molecular flexibility index (Phi) is 6.14. The van der Waals surface area contributed by atoms with Crippen LogP contribution in [-0.4, -0.2) is 44.7 Å². The first-order chi connectivity index (χ1) is 13.9. The molecule has 0 saturated carbocycles. The molecule has 0 saturated heterocycles. The second kappa shape index (κ2) is 8.59. The van der Waals surface area contributed by atoms with E-state index in [4.69, 9.17) is 19.2 Å². The third-order valence-corrected chi connectivity index (χ3v) is 4.15. The summed E-state index contributed by atoms with van der Waals surface area (Å²) >= 11 is 0. The molecular formula is C21H26N4O4. The van der Waals surface area contributed by atoms with Gasteiger partial charge in [-0.25, -0.2) is 14.6 Å². The van der Waals surface area contributed by atoms with Gasteiger partial charge in [0, 0.05) is 6.20 Å². The maximum Gasteiger partial charge on any atom is 0.239 e. The van der Waals surface area contributed by atoms with Crippen molar-refractivity contribution in [1.82, 2.24) is 19.7 Å². The molecule has 0 aliphatic rings. The van der Waals surface area contributed by atoms with E-state index < -0.39 is 0 Å². The van der Waals surface area contributed by atoms with E-state index in [9.17, 15) is 5.11 Å². The molecule has 3 rings (SSSR count). The van der Waals surface area contributed by atoms with Crippen molar-refractivity contribution in [3.05, 3.63) is 47.9 Å². The number of aliphatic hydroxyl groups is 1. The highest BCUT2D eigenvalue weighted by Gasteiger charge is 2.21. The summed E-state index contributed by atoms with van der Waals surface area (Å²) < 4.78 is 18.5. The molecule has 3 aromatic rings. The van der Waals surface area contributed by atoms with Gasteiger partial charge in [-0.15, -0.1) is 5.10 Å². The molecule has 8 heteroatoms. The molecule has 2 aromatic heterocycles. The highest BCUT2D eigenvalue weighted by molar-refractivity contribution is 5.67. The lowest BCUT2D eigenvalue weighted by Gasteiger charge is -2.17. The quantitative estimate of drug-likeness (QED) is 0.654. The van der Waals surface area contributed by atoms with Crippen molar-refractivity contribution in [2.24, 2.45) is 0 Å². The van der Waals surface area contributed by atoms with Gasteiger partial charge in [0.1, 0.15) is 18.0 Å². The monoisotopic (exact) mass is 398 g/mol. The molecule has 0 spiro atoms. The van der Waals surface area contributed by atoms with E-state index in [2.05, 4.69) is 10.1 Å². The average Bonchev–Trinajstić information content (AvgIpc) is 3.15. The Morgan fingerprint density at radius 1 is 1.10 bits per heavy atom. The highest BCUT2D eigenvalue weighted by atomic mass is 16.5. The predicted molar refractivity (Wildman–Crippen MR) is 108 cm³/mol. The number of benzene rings is 1. The Morgan fingerprint density at radius 3 is 2.55 bits per heavy atom. The van der Waals surface area contributed by atoms with E-state index in [-0.39, 0.29) is 18.8 Å². The summed E-state index contributed by atoms with van der Waals surface area (Å²) in [5.41, 5.74) is 1.79. The van der Waals surface area contributed by atoms with Crippen LogP contribution in [0.3, 0.4) is 0 Å². The highest BCUT2D eigenvalue weighted by Crippen LogP contribution is 2.33. The Morgan fingerprint density at radius 2 is 1.90 bits per heavy atom. The Labute approximate surface area is 170 Å². The number of hydrogen-bond acceptors (Lipinski definition) is 7. The van der Waals surface area contributed by atoms with E-state index in [1.54, 1.807) is 37.2 Å². The number of aromatic nitrogens is 4. The summed E-state index contributed by atoms with van der Waals surface area (Å²) in [4.78, 5) is 8.97. The first-order valence-corrected chi connectivity index (χ1v) is 9.23. The van der Waals surface area contributed by atoms with Crippen LogP contribution in [0.2, 0.25) is 0 Å². The van der Waals surface area contributed by atoms with Crippen molar-refractivity contribution in [2.75, 3.05) is 14.2 Å². The zero-order chi connectivity index (χ0) is 21.0. The molecule has 0 unspecified atom stereocenters. The number of rotatable bonds is 7. The summed E-state index contributed by atoms with van der Waals surface area (Å²) in [6.45, 7) is 6.11. The topological polar surface area (TPSA) is 91.5 Å². The molecule has 1 aromatic carbocycles. The second-order valence-corrected chi connectivity index (χ2v) is 7.39. The van der Waals surface area contributed by atoms with Gasteiger partial charge in [0.25, 0.3) is 0 Å². The van der Waals surface area contributed by atoms with Crippen molar-refractivity contribution in [2.45, 2.75) is 39.6 Å². The van der Waals surface area contributed by atoms with Gasteiger partial charge in [0.05, 0.1) is 32.0 Å². The minimum Gasteiger partial charge on any atom is -0.496 e. The van der Waals surface area contributed by atoms with Crippen LogP contribution >= 0.6 is 0 Å². The fourth-order valence-electron chi connectivity index (χ4n) is 2.76. The molecule has 0 amide bonds. The Bertz CT molecular complexity index is 979. The number of aliphatic hydroxyl groups excluding tert-OH is 1. The maximum atomic E-state index is 9.44. The van der Waals surface area contributed by atoms with Gasteiger partial charge in [0.2, 0.25) is 5.88 Å². The van der Waals surface area contributed by atoms with Gasteiger partial charge in [0.15, 0.2) is 11.6 Å². The van der Waals surface area contributed by atoms with Crippen LogP contribution in [-0.2, 0) is 18.0 Å².